The summed E-state index contributed by atoms with van der Waals surface area (Å²) < 4.78 is 0. The van der Waals surface area contributed by atoms with Gasteiger partial charge in [0.05, 0.1) is 21.0 Å². The van der Waals surface area contributed by atoms with Crippen molar-refractivity contribution in [3.05, 3.63) is 606 Å². The molecule has 0 heterocycles. The summed E-state index contributed by atoms with van der Waals surface area (Å²) in [6.07, 6.45) is 0. The zero-order valence-electron chi connectivity index (χ0n) is 80.7. The highest BCUT2D eigenvalue weighted by Gasteiger charge is 2.50. The molecule has 0 unspecified atom stereocenters. The van der Waals surface area contributed by atoms with Gasteiger partial charge in [-0.1, -0.05) is 320 Å². The molecule has 0 aliphatic rings. The van der Waals surface area contributed by atoms with Gasteiger partial charge in [0, 0.05) is 58.1 Å². The van der Waals surface area contributed by atoms with E-state index in [0.717, 1.165) is 47.5 Å². The number of rotatable bonds is 22. The van der Waals surface area contributed by atoms with Crippen LogP contribution >= 0.6 is 21.8 Å². The van der Waals surface area contributed by atoms with Crippen molar-refractivity contribution >= 4 is 143 Å². The number of benzene rings is 20. The van der Waals surface area contributed by atoms with E-state index in [1.54, 1.807) is 121 Å². The minimum atomic E-state index is -2.04. The van der Waals surface area contributed by atoms with Gasteiger partial charge in [-0.05, 0) is 244 Å². The Morgan fingerprint density at radius 1 is 0.209 bits per heavy atom. The first-order valence-corrected chi connectivity index (χ1v) is 52.6. The first kappa shape index (κ1) is 105. The summed E-state index contributed by atoms with van der Waals surface area (Å²) in [6.45, 7) is 3.81. The van der Waals surface area contributed by atoms with Gasteiger partial charge in [0.1, 0.15) is 103 Å². The fourth-order valence-corrected chi connectivity index (χ4v) is 29.4. The lowest BCUT2D eigenvalue weighted by molar-refractivity contribution is -0.385. The Balaban J connectivity index is 0.000000137. The molecular weight excluding hydrogens is 1900 g/mol. The summed E-state index contributed by atoms with van der Waals surface area (Å²) >= 11 is 0. The highest BCUT2D eigenvalue weighted by Crippen LogP contribution is 2.57. The molecule has 148 heavy (non-hydrogen) atoms. The molecule has 22 heteroatoms. The number of aryl methyl sites for hydroxylation is 2. The number of nitro groups is 2. The summed E-state index contributed by atoms with van der Waals surface area (Å²) in [6, 6.07) is 179. The van der Waals surface area contributed by atoms with Crippen LogP contribution in [0, 0.1) is 34.1 Å². The molecule has 4 amide bonds. The van der Waals surface area contributed by atoms with E-state index in [9.17, 15) is 64.9 Å². The third kappa shape index (κ3) is 26.8. The van der Waals surface area contributed by atoms with Gasteiger partial charge in [-0.25, -0.2) is 0 Å². The second-order valence-corrected chi connectivity index (χ2v) is 43.6. The van der Waals surface area contributed by atoms with Crippen LogP contribution in [-0.4, -0.2) is 48.8 Å². The molecule has 20 rings (SSSR count). The predicted octanol–water partition coefficient (Wildman–Crippen LogP) is 22.4. The predicted molar refractivity (Wildman–Crippen MR) is 604 cm³/mol. The summed E-state index contributed by atoms with van der Waals surface area (Å²) in [4.78, 5) is 67.5. The lowest BCUT2D eigenvalue weighted by Gasteiger charge is -2.27. The van der Waals surface area contributed by atoms with Crippen molar-refractivity contribution in [3.63, 3.8) is 0 Å². The van der Waals surface area contributed by atoms with Gasteiger partial charge < -0.3 is 46.8 Å². The number of non-ortho nitro benzene ring substituents is 2. The van der Waals surface area contributed by atoms with Gasteiger partial charge in [0.15, 0.2) is 0 Å². The van der Waals surface area contributed by atoms with E-state index in [4.69, 9.17) is 0 Å². The van der Waals surface area contributed by atoms with Gasteiger partial charge in [-0.15, -0.1) is 0 Å². The van der Waals surface area contributed by atoms with Gasteiger partial charge in [0.2, 0.25) is 0 Å². The number of hydrogen-bond acceptors (Lipinski definition) is 13. The van der Waals surface area contributed by atoms with E-state index < -0.39 is 54.9 Å². The Bertz CT molecular complexity index is 6890. The number of nitrogens with one attached hydrogen (secondary N) is 4. The van der Waals surface area contributed by atoms with Crippen LogP contribution in [0.4, 0.5) is 34.1 Å². The maximum atomic E-state index is 12.0. The fourth-order valence-electron chi connectivity index (χ4n) is 16.6. The van der Waals surface area contributed by atoms with E-state index in [0.29, 0.717) is 28.5 Å². The number of anilines is 4. The zero-order chi connectivity index (χ0) is 104. The minimum absolute atomic E-state index is 0.0177. The van der Waals surface area contributed by atoms with Crippen LogP contribution in [0.25, 0.3) is 0 Å². The molecule has 0 bridgehead atoms. The van der Waals surface area contributed by atoms with E-state index in [1.807, 2.05) is 50.2 Å². The quantitative estimate of drug-likeness (QED) is 0.0189. The van der Waals surface area contributed by atoms with Crippen LogP contribution in [0.2, 0.25) is 0 Å². The van der Waals surface area contributed by atoms with E-state index in [1.165, 1.54) is 75.8 Å². The molecule has 0 spiro atoms. The molecule has 0 aromatic heterocycles. The normalized spacial score (nSPS) is 10.6. The number of phenols is 3. The van der Waals surface area contributed by atoms with Crippen molar-refractivity contribution in [2.24, 2.45) is 0 Å². The molecule has 7 N–H and O–H groups in total. The third-order valence-corrected chi connectivity index (χ3v) is 36.5. The van der Waals surface area contributed by atoms with Gasteiger partial charge in [-0.3, -0.25) is 39.4 Å². The van der Waals surface area contributed by atoms with Crippen LogP contribution in [-0.2, 0) is 0 Å². The Labute approximate surface area is 861 Å². The highest BCUT2D eigenvalue weighted by molar-refractivity contribution is 8.02. The number of carbonyl (C=O) groups excluding carboxylic acids is 4. The molecule has 0 saturated heterocycles. The van der Waals surface area contributed by atoms with E-state index in [2.05, 4.69) is 367 Å². The number of para-hydroxylation sites is 4. The first-order chi connectivity index (χ1) is 72.1. The number of nitro benzene ring substituents is 2. The molecule has 0 aliphatic carbocycles. The van der Waals surface area contributed by atoms with Gasteiger partial charge >= 0.3 is 0 Å². The summed E-state index contributed by atoms with van der Waals surface area (Å²) in [5.41, 5.74) is 3.96. The van der Waals surface area contributed by atoms with E-state index in [-0.39, 0.29) is 56.9 Å². The van der Waals surface area contributed by atoms with Crippen molar-refractivity contribution in [1.82, 2.24) is 0 Å². The SMILES string of the molecule is Cc1ccc(NC(=O)c2cc([N+](=O)[O-])ccc2[O-])cc1.Cc1ccc(NC(=O)c2cc([N+](=O)[O-])ccc2[O-])cc1.O=C(Nc1ccccc1)c1ccccc1O.O=C(Nc1ccccc1)c1ccccc1O.Oc1ccc([P+](c2ccccc2)(c2ccccc2)c2ccccc2)cc1.c1ccc([P+](c2ccccc2)(c2ccccc2)c2ccccc2)cc1.c1ccc([P+](c2ccccc2)(c2ccccc2)c2ccccc2)cc1. The van der Waals surface area contributed by atoms with Gasteiger partial charge in [0.25, 0.3) is 35.0 Å². The monoisotopic (exact) mass is 2000 g/mol. The smallest absolute Gasteiger partial charge is 0.270 e. The molecule has 20 aromatic rings. The molecule has 0 radical (unpaired) electrons. The molecule has 0 saturated carbocycles. The molecule has 19 nitrogen and oxygen atoms in total. The largest absolute Gasteiger partial charge is 0.872 e. The molecule has 20 aromatic carbocycles. The van der Waals surface area contributed by atoms with Crippen LogP contribution in [0.1, 0.15) is 52.6 Å². The Hall–Kier alpha value is -18.6. The molecule has 0 atom stereocenters. The number of carbonyl (C=O) groups is 4. The van der Waals surface area contributed by atoms with Crippen molar-refractivity contribution in [1.29, 1.82) is 0 Å². The molecule has 730 valence electrons. The Morgan fingerprint density at radius 3 is 0.588 bits per heavy atom. The topological polar surface area (TPSA) is 309 Å². The van der Waals surface area contributed by atoms with Crippen LogP contribution in [0.5, 0.6) is 28.7 Å². The van der Waals surface area contributed by atoms with Crippen molar-refractivity contribution in [2.45, 2.75) is 13.8 Å². The van der Waals surface area contributed by atoms with Crippen LogP contribution < -0.4 is 95.1 Å². The fraction of sp³-hybridized carbons (Fsp3) is 0.0159. The Kier molecular flexibility index (Phi) is 37.2. The van der Waals surface area contributed by atoms with Crippen molar-refractivity contribution in [3.8, 4) is 28.7 Å². The van der Waals surface area contributed by atoms with Crippen molar-refractivity contribution in [2.75, 3.05) is 21.3 Å². The third-order valence-electron chi connectivity index (χ3n) is 23.6. The van der Waals surface area contributed by atoms with E-state index >= 15 is 0 Å². The minimum Gasteiger partial charge on any atom is -0.872 e. The average molecular weight is 2000 g/mol. The summed E-state index contributed by atoms with van der Waals surface area (Å²) in [5.74, 6) is -2.81. The van der Waals surface area contributed by atoms with Crippen LogP contribution in [0.15, 0.2) is 552 Å². The lowest BCUT2D eigenvalue weighted by Crippen LogP contribution is -2.38. The van der Waals surface area contributed by atoms with Crippen LogP contribution in [0.3, 0.4) is 0 Å². The first-order valence-electron chi connectivity index (χ1n) is 47.2. The second kappa shape index (κ2) is 52.4. The standard InChI is InChI=1S/C24H19OP.2C24H20P.2C14H12N2O4.2C13H11NO2/c25-20-16-18-24(19-17-20)26(21-10-4-1-5-11-21,22-12-6-2-7-13-22)23-14-8-3-9-15-23;2*1-5-13-21(14-6-1)25(22-15-7-2-8-16-22,23-17-9-3-10-18-23)24-19-11-4-12-20-24;2*1-9-2-4-10(5-3-9)15-14(18)12-8-11(16(19)20)6-7-13(12)17;2*15-12-9-5-4-8-11(12)13(16)14-10-6-2-1-3-7-10/h1-19H;2*1-20H;2*2-8,17H,1H3,(H,15,18);2*1-9,15H,(H,14,16)/q;2*+1;;;;/p-1. The highest BCUT2D eigenvalue weighted by atomic mass is 31.2. The number of aromatic hydroxyl groups is 3. The number of hydrogen-bond donors (Lipinski definition) is 7. The molecule has 0 fully saturated rings. The van der Waals surface area contributed by atoms with Gasteiger partial charge in [-0.2, -0.15) is 0 Å². The zero-order valence-corrected chi connectivity index (χ0v) is 83.4. The summed E-state index contributed by atoms with van der Waals surface area (Å²) in [7, 11) is -5.85. The Morgan fingerprint density at radius 2 is 0.385 bits per heavy atom. The summed E-state index contributed by atoms with van der Waals surface area (Å²) in [5, 5.41) is 100. The maximum Gasteiger partial charge on any atom is 0.270 e. The second-order valence-electron chi connectivity index (χ2n) is 33.4. The lowest BCUT2D eigenvalue weighted by atomic mass is 10.1. The van der Waals surface area contributed by atoms with Crippen molar-refractivity contribution < 1.29 is 54.6 Å². The molecule has 0 aliphatic heterocycles. The molecular formula is C126H104N6O13P3+. The number of amides is 4. The average Bonchev–Trinajstić information content (AvgIpc) is 0.737. The maximum absolute atomic E-state index is 12.0. The number of nitrogens with zero attached hydrogens (tertiary/aromatic N) is 2. The number of phenolic OH excluding ortho intramolecular Hbond substituents is 3.